The smallest absolute Gasteiger partial charge is 0.318 e. The molecule has 0 fully saturated rings. The van der Waals surface area contributed by atoms with E-state index in [1.807, 2.05) is 6.92 Å². The first-order chi connectivity index (χ1) is 5.86. The van der Waals surface area contributed by atoms with Crippen molar-refractivity contribution in [1.82, 2.24) is 14.9 Å². The quantitative estimate of drug-likeness (QED) is 0.544. The maximum Gasteiger partial charge on any atom is 0.318 e. The summed E-state index contributed by atoms with van der Waals surface area (Å²) in [4.78, 5) is 10.1. The summed E-state index contributed by atoms with van der Waals surface area (Å²) in [5.41, 5.74) is 2.59. The number of hydrogen-bond acceptors (Lipinski definition) is 5. The van der Waals surface area contributed by atoms with Gasteiger partial charge in [0.05, 0.1) is 6.61 Å². The monoisotopic (exact) mass is 188 g/mol. The minimum absolute atomic E-state index is 0.328. The average Bonchev–Trinajstić information content (AvgIpc) is 2.06. The number of ether oxygens (including phenoxy) is 1. The summed E-state index contributed by atoms with van der Waals surface area (Å²) >= 11 is 5.20. The highest BCUT2D eigenvalue weighted by molar-refractivity contribution is 6.13. The van der Waals surface area contributed by atoms with Gasteiger partial charge in [0.15, 0.2) is 0 Å². The van der Waals surface area contributed by atoms with Gasteiger partial charge in [-0.05, 0) is 18.7 Å². The van der Waals surface area contributed by atoms with Gasteiger partial charge in [0.1, 0.15) is 5.82 Å². The molecule has 0 aromatic carbocycles. The standard InChI is InChI=1S/C6H9ClN4O/c1-2-12-6-8-4-3-5(9-6)10-11-7/h3-4,11H,2H2,1H3,(H,8,9,10). The van der Waals surface area contributed by atoms with Crippen LogP contribution in [0, 0.1) is 0 Å². The van der Waals surface area contributed by atoms with E-state index in [4.69, 9.17) is 16.5 Å². The molecule has 0 atom stereocenters. The Morgan fingerprint density at radius 3 is 3.17 bits per heavy atom. The normalized spacial score (nSPS) is 9.50. The summed E-state index contributed by atoms with van der Waals surface area (Å²) < 4.78 is 5.06. The third-order valence-corrected chi connectivity index (χ3v) is 1.18. The molecule has 0 aliphatic heterocycles. The van der Waals surface area contributed by atoms with Gasteiger partial charge in [-0.1, -0.05) is 0 Å². The molecule has 0 saturated heterocycles. The lowest BCUT2D eigenvalue weighted by Gasteiger charge is -2.03. The highest BCUT2D eigenvalue weighted by atomic mass is 35.5. The summed E-state index contributed by atoms with van der Waals surface area (Å²) in [5, 5.41) is 0. The third kappa shape index (κ3) is 2.52. The zero-order valence-corrected chi connectivity index (χ0v) is 7.30. The molecule has 2 N–H and O–H groups in total. The molecule has 1 aromatic heterocycles. The molecule has 0 radical (unpaired) electrons. The molecular weight excluding hydrogens is 180 g/mol. The zero-order chi connectivity index (χ0) is 8.81. The molecule has 12 heavy (non-hydrogen) atoms. The Balaban J connectivity index is 2.67. The first-order valence-corrected chi connectivity index (χ1v) is 3.82. The molecule has 0 saturated carbocycles. The second kappa shape index (κ2) is 4.74. The Morgan fingerprint density at radius 1 is 1.67 bits per heavy atom. The third-order valence-electron chi connectivity index (χ3n) is 1.08. The Morgan fingerprint density at radius 2 is 2.50 bits per heavy atom. The number of nitrogens with zero attached hydrogens (tertiary/aromatic N) is 2. The van der Waals surface area contributed by atoms with E-state index in [9.17, 15) is 0 Å². The molecule has 66 valence electrons. The van der Waals surface area contributed by atoms with Crippen molar-refractivity contribution >= 4 is 17.6 Å². The highest BCUT2D eigenvalue weighted by Gasteiger charge is 1.96. The van der Waals surface area contributed by atoms with Crippen molar-refractivity contribution in [1.29, 1.82) is 0 Å². The molecule has 0 spiro atoms. The van der Waals surface area contributed by atoms with Gasteiger partial charge in [-0.25, -0.2) is 4.98 Å². The SMILES string of the molecule is CCOc1nccc(NNCl)n1. The first kappa shape index (κ1) is 9.02. The van der Waals surface area contributed by atoms with Crippen molar-refractivity contribution < 1.29 is 4.74 Å². The minimum Gasteiger partial charge on any atom is -0.464 e. The van der Waals surface area contributed by atoms with E-state index in [1.165, 1.54) is 0 Å². The van der Waals surface area contributed by atoms with Gasteiger partial charge in [-0.15, -0.1) is 4.94 Å². The average molecular weight is 189 g/mol. The molecule has 0 amide bonds. The van der Waals surface area contributed by atoms with Crippen LogP contribution in [0.4, 0.5) is 5.82 Å². The van der Waals surface area contributed by atoms with Gasteiger partial charge in [0.2, 0.25) is 0 Å². The summed E-state index contributed by atoms with van der Waals surface area (Å²) in [7, 11) is 0. The van der Waals surface area contributed by atoms with E-state index in [1.54, 1.807) is 12.3 Å². The largest absolute Gasteiger partial charge is 0.464 e. The molecule has 0 bridgehead atoms. The van der Waals surface area contributed by atoms with Crippen LogP contribution >= 0.6 is 11.8 Å². The minimum atomic E-state index is 0.328. The van der Waals surface area contributed by atoms with Crippen LogP contribution in [0.25, 0.3) is 0 Å². The molecule has 0 unspecified atom stereocenters. The van der Waals surface area contributed by atoms with Crippen LogP contribution < -0.4 is 15.1 Å². The summed E-state index contributed by atoms with van der Waals surface area (Å²) in [6.45, 7) is 2.40. The Bertz CT molecular complexity index is 223. The Kier molecular flexibility index (Phi) is 3.56. The van der Waals surface area contributed by atoms with E-state index in [-0.39, 0.29) is 0 Å². The Labute approximate surface area is 75.2 Å². The van der Waals surface area contributed by atoms with Crippen LogP contribution in [0.15, 0.2) is 12.3 Å². The van der Waals surface area contributed by atoms with E-state index < -0.39 is 0 Å². The van der Waals surface area contributed by atoms with Crippen LogP contribution in [-0.4, -0.2) is 16.6 Å². The number of aromatic nitrogens is 2. The van der Waals surface area contributed by atoms with Crippen molar-refractivity contribution in [2.75, 3.05) is 12.0 Å². The van der Waals surface area contributed by atoms with Crippen molar-refractivity contribution in [3.63, 3.8) is 0 Å². The van der Waals surface area contributed by atoms with Crippen LogP contribution in [0.1, 0.15) is 6.92 Å². The van der Waals surface area contributed by atoms with Crippen LogP contribution in [-0.2, 0) is 0 Å². The number of anilines is 1. The van der Waals surface area contributed by atoms with Gasteiger partial charge >= 0.3 is 6.01 Å². The first-order valence-electron chi connectivity index (χ1n) is 3.44. The predicted octanol–water partition coefficient (Wildman–Crippen LogP) is 0.946. The van der Waals surface area contributed by atoms with Gasteiger partial charge < -0.3 is 4.74 Å². The van der Waals surface area contributed by atoms with Crippen molar-refractivity contribution in [3.8, 4) is 6.01 Å². The fourth-order valence-electron chi connectivity index (χ4n) is 0.657. The van der Waals surface area contributed by atoms with Gasteiger partial charge in [-0.3, -0.25) is 5.43 Å². The number of hydrazine groups is 1. The molecular formula is C6H9ClN4O. The predicted molar refractivity (Wildman–Crippen MR) is 45.8 cm³/mol. The summed E-state index contributed by atoms with van der Waals surface area (Å²) in [6, 6.07) is 1.99. The van der Waals surface area contributed by atoms with Crippen molar-refractivity contribution in [3.05, 3.63) is 12.3 Å². The highest BCUT2D eigenvalue weighted by Crippen LogP contribution is 2.05. The molecule has 6 heteroatoms. The maximum atomic E-state index is 5.20. The van der Waals surface area contributed by atoms with Crippen LogP contribution in [0.3, 0.4) is 0 Å². The van der Waals surface area contributed by atoms with Crippen molar-refractivity contribution in [2.24, 2.45) is 0 Å². The maximum absolute atomic E-state index is 5.20. The fourth-order valence-corrected chi connectivity index (χ4v) is 0.754. The van der Waals surface area contributed by atoms with E-state index >= 15 is 0 Å². The second-order valence-corrected chi connectivity index (χ2v) is 2.07. The van der Waals surface area contributed by atoms with E-state index in [0.717, 1.165) is 0 Å². The lowest BCUT2D eigenvalue weighted by atomic mass is 10.6. The molecule has 1 rings (SSSR count). The molecule has 5 nitrogen and oxygen atoms in total. The lowest BCUT2D eigenvalue weighted by Crippen LogP contribution is -2.10. The number of halogens is 1. The summed E-state index contributed by atoms with van der Waals surface area (Å²) in [5.74, 6) is 0.559. The number of rotatable bonds is 4. The van der Waals surface area contributed by atoms with Gasteiger partial charge in [0.25, 0.3) is 0 Å². The number of hydrogen-bond donors (Lipinski definition) is 2. The Hall–Kier alpha value is -1.07. The number of nitrogens with one attached hydrogen (secondary N) is 2. The van der Waals surface area contributed by atoms with Crippen LogP contribution in [0.2, 0.25) is 0 Å². The molecule has 0 aliphatic carbocycles. The van der Waals surface area contributed by atoms with E-state index in [2.05, 4.69) is 20.3 Å². The molecule has 1 aromatic rings. The van der Waals surface area contributed by atoms with E-state index in [0.29, 0.717) is 18.4 Å². The van der Waals surface area contributed by atoms with Crippen LogP contribution in [0.5, 0.6) is 6.01 Å². The summed E-state index contributed by atoms with van der Waals surface area (Å²) in [6.07, 6.45) is 1.58. The van der Waals surface area contributed by atoms with Crippen molar-refractivity contribution in [2.45, 2.75) is 6.92 Å². The van der Waals surface area contributed by atoms with Gasteiger partial charge in [0, 0.05) is 12.3 Å². The lowest BCUT2D eigenvalue weighted by molar-refractivity contribution is 0.313. The second-order valence-electron chi connectivity index (χ2n) is 1.88. The topological polar surface area (TPSA) is 59.1 Å². The van der Waals surface area contributed by atoms with Gasteiger partial charge in [-0.2, -0.15) is 4.98 Å². The molecule has 1 heterocycles. The fraction of sp³-hybridized carbons (Fsp3) is 0.333. The molecule has 0 aliphatic rings. The zero-order valence-electron chi connectivity index (χ0n) is 6.54.